The topological polar surface area (TPSA) is 34.1 Å². The molecule has 0 radical (unpaired) electrons. The summed E-state index contributed by atoms with van der Waals surface area (Å²) in [6, 6.07) is 2.06. The van der Waals surface area contributed by atoms with E-state index in [1.165, 1.54) is 18.4 Å². The molecule has 1 saturated carbocycles. The van der Waals surface area contributed by atoms with E-state index < -0.39 is 0 Å². The summed E-state index contributed by atoms with van der Waals surface area (Å²) in [4.78, 5) is 4.23. The minimum Gasteiger partial charge on any atom is -0.488 e. The van der Waals surface area contributed by atoms with Crippen LogP contribution in [0.2, 0.25) is 0 Å². The van der Waals surface area contributed by atoms with E-state index in [0.717, 1.165) is 25.1 Å². The Bertz CT molecular complexity index is 453. The van der Waals surface area contributed by atoms with Crippen LogP contribution in [0.15, 0.2) is 18.5 Å². The van der Waals surface area contributed by atoms with Crippen molar-refractivity contribution >= 4 is 0 Å². The fourth-order valence-corrected chi connectivity index (χ4v) is 2.69. The first-order valence-corrected chi connectivity index (χ1v) is 8.10. The van der Waals surface area contributed by atoms with Gasteiger partial charge < -0.3 is 10.1 Å². The molecule has 1 aliphatic carbocycles. The molecule has 0 saturated heterocycles. The van der Waals surface area contributed by atoms with Crippen LogP contribution < -0.4 is 10.1 Å². The number of rotatable bonds is 4. The Labute approximate surface area is 129 Å². The normalized spacial score (nSPS) is 19.5. The summed E-state index contributed by atoms with van der Waals surface area (Å²) >= 11 is 0. The summed E-state index contributed by atoms with van der Waals surface area (Å²) in [6.07, 6.45) is 8.83. The number of ether oxygens (including phenoxy) is 1. The van der Waals surface area contributed by atoms with Gasteiger partial charge in [-0.15, -0.1) is 0 Å². The number of pyridine rings is 1. The Kier molecular flexibility index (Phi) is 4.92. The smallest absolute Gasteiger partial charge is 0.142 e. The van der Waals surface area contributed by atoms with E-state index in [2.05, 4.69) is 51.0 Å². The molecular weight excluding hydrogens is 260 g/mol. The molecular formula is C18H30N2O. The predicted molar refractivity (Wildman–Crippen MR) is 87.5 cm³/mol. The van der Waals surface area contributed by atoms with E-state index in [4.69, 9.17) is 4.74 Å². The first-order chi connectivity index (χ1) is 9.75. The monoisotopic (exact) mass is 290 g/mol. The van der Waals surface area contributed by atoms with Crippen LogP contribution >= 0.6 is 0 Å². The molecule has 21 heavy (non-hydrogen) atoms. The summed E-state index contributed by atoms with van der Waals surface area (Å²) in [7, 11) is 0. The third-order valence-corrected chi connectivity index (χ3v) is 4.26. The van der Waals surface area contributed by atoms with Crippen LogP contribution in [0.3, 0.4) is 0 Å². The maximum Gasteiger partial charge on any atom is 0.142 e. The molecule has 118 valence electrons. The van der Waals surface area contributed by atoms with Gasteiger partial charge in [-0.3, -0.25) is 4.98 Å². The molecule has 1 N–H and O–H groups in total. The average Bonchev–Trinajstić information content (AvgIpc) is 2.39. The van der Waals surface area contributed by atoms with Gasteiger partial charge in [0.1, 0.15) is 5.75 Å². The summed E-state index contributed by atoms with van der Waals surface area (Å²) in [6.45, 7) is 12.1. The van der Waals surface area contributed by atoms with Crippen molar-refractivity contribution < 1.29 is 4.74 Å². The van der Waals surface area contributed by atoms with Gasteiger partial charge in [-0.1, -0.05) is 13.8 Å². The van der Waals surface area contributed by atoms with Crippen molar-refractivity contribution in [3.63, 3.8) is 0 Å². The molecule has 0 spiro atoms. The summed E-state index contributed by atoms with van der Waals surface area (Å²) < 4.78 is 6.24. The summed E-state index contributed by atoms with van der Waals surface area (Å²) in [5.41, 5.74) is 1.78. The molecule has 3 nitrogen and oxygen atoms in total. The third kappa shape index (κ3) is 5.31. The Hall–Kier alpha value is -1.09. The molecule has 1 aromatic rings. The van der Waals surface area contributed by atoms with Gasteiger partial charge in [0, 0.05) is 23.8 Å². The molecule has 0 aliphatic heterocycles. The number of aromatic nitrogens is 1. The van der Waals surface area contributed by atoms with Crippen LogP contribution in [0.25, 0.3) is 0 Å². The molecule has 3 heteroatoms. The van der Waals surface area contributed by atoms with E-state index in [9.17, 15) is 0 Å². The second-order valence-corrected chi connectivity index (χ2v) is 8.07. The first-order valence-electron chi connectivity index (χ1n) is 8.10. The average molecular weight is 290 g/mol. The molecule has 2 rings (SSSR count). The van der Waals surface area contributed by atoms with Crippen LogP contribution in [-0.2, 0) is 6.54 Å². The van der Waals surface area contributed by atoms with Gasteiger partial charge in [0.15, 0.2) is 0 Å². The van der Waals surface area contributed by atoms with E-state index in [-0.39, 0.29) is 5.54 Å². The van der Waals surface area contributed by atoms with Gasteiger partial charge in [0.05, 0.1) is 12.3 Å². The second kappa shape index (κ2) is 6.35. The zero-order valence-electron chi connectivity index (χ0n) is 14.2. The van der Waals surface area contributed by atoms with E-state index >= 15 is 0 Å². The molecule has 1 aromatic heterocycles. The number of hydrogen-bond donors (Lipinski definition) is 1. The lowest BCUT2D eigenvalue weighted by Gasteiger charge is -2.34. The van der Waals surface area contributed by atoms with Crippen molar-refractivity contribution in [2.24, 2.45) is 5.41 Å². The SMILES string of the molecule is CC1(C)CCC(Oc2cnccc2CNC(C)(C)C)CC1. The molecule has 0 unspecified atom stereocenters. The molecule has 0 atom stereocenters. The van der Waals surface area contributed by atoms with Crippen molar-refractivity contribution in [2.45, 2.75) is 78.5 Å². The quantitative estimate of drug-likeness (QED) is 0.897. The Morgan fingerprint density at radius 1 is 1.29 bits per heavy atom. The maximum absolute atomic E-state index is 6.24. The number of nitrogens with zero attached hydrogens (tertiary/aromatic N) is 1. The van der Waals surface area contributed by atoms with Gasteiger partial charge in [-0.05, 0) is 57.9 Å². The maximum atomic E-state index is 6.24. The molecule has 0 amide bonds. The Balaban J connectivity index is 1.97. The largest absolute Gasteiger partial charge is 0.488 e. The highest BCUT2D eigenvalue weighted by molar-refractivity contribution is 5.30. The Morgan fingerprint density at radius 3 is 2.57 bits per heavy atom. The lowest BCUT2D eigenvalue weighted by atomic mass is 9.76. The highest BCUT2D eigenvalue weighted by Gasteiger charge is 2.28. The molecule has 1 aliphatic rings. The predicted octanol–water partition coefficient (Wildman–Crippen LogP) is 4.32. The fourth-order valence-electron chi connectivity index (χ4n) is 2.69. The van der Waals surface area contributed by atoms with Crippen molar-refractivity contribution in [3.05, 3.63) is 24.0 Å². The third-order valence-electron chi connectivity index (χ3n) is 4.26. The summed E-state index contributed by atoms with van der Waals surface area (Å²) in [5, 5.41) is 3.52. The van der Waals surface area contributed by atoms with Crippen molar-refractivity contribution in [1.29, 1.82) is 0 Å². The molecule has 0 aromatic carbocycles. The van der Waals surface area contributed by atoms with Crippen LogP contribution in [0.4, 0.5) is 0 Å². The lowest BCUT2D eigenvalue weighted by Crippen LogP contribution is -2.35. The standard InChI is InChI=1S/C18H30N2O/c1-17(2,3)20-12-14-8-11-19-13-16(14)21-15-6-9-18(4,5)10-7-15/h8,11,13,15,20H,6-7,9-10,12H2,1-5H3. The van der Waals surface area contributed by atoms with Crippen molar-refractivity contribution in [1.82, 2.24) is 10.3 Å². The van der Waals surface area contributed by atoms with Gasteiger partial charge in [0.2, 0.25) is 0 Å². The van der Waals surface area contributed by atoms with Gasteiger partial charge in [0.25, 0.3) is 0 Å². The molecule has 1 fully saturated rings. The second-order valence-electron chi connectivity index (χ2n) is 8.07. The van der Waals surface area contributed by atoms with Gasteiger partial charge >= 0.3 is 0 Å². The van der Waals surface area contributed by atoms with Crippen LogP contribution in [0.1, 0.15) is 65.9 Å². The molecule has 0 bridgehead atoms. The molecule has 1 heterocycles. The summed E-state index contributed by atoms with van der Waals surface area (Å²) in [5.74, 6) is 0.943. The van der Waals surface area contributed by atoms with E-state index in [1.54, 1.807) is 0 Å². The first kappa shape index (κ1) is 16.3. The lowest BCUT2D eigenvalue weighted by molar-refractivity contribution is 0.0974. The number of hydrogen-bond acceptors (Lipinski definition) is 3. The van der Waals surface area contributed by atoms with Crippen LogP contribution in [0, 0.1) is 5.41 Å². The fraction of sp³-hybridized carbons (Fsp3) is 0.722. The zero-order chi connectivity index (χ0) is 15.5. The minimum atomic E-state index is 0.107. The number of nitrogens with one attached hydrogen (secondary N) is 1. The minimum absolute atomic E-state index is 0.107. The highest BCUT2D eigenvalue weighted by atomic mass is 16.5. The van der Waals surface area contributed by atoms with E-state index in [0.29, 0.717) is 11.5 Å². The highest BCUT2D eigenvalue weighted by Crippen LogP contribution is 2.36. The zero-order valence-corrected chi connectivity index (χ0v) is 14.2. The van der Waals surface area contributed by atoms with Crippen molar-refractivity contribution in [3.8, 4) is 5.75 Å². The van der Waals surface area contributed by atoms with Crippen LogP contribution in [-0.4, -0.2) is 16.6 Å². The van der Waals surface area contributed by atoms with Crippen LogP contribution in [0.5, 0.6) is 5.75 Å². The van der Waals surface area contributed by atoms with Gasteiger partial charge in [-0.25, -0.2) is 0 Å². The van der Waals surface area contributed by atoms with Gasteiger partial charge in [-0.2, -0.15) is 0 Å². The Morgan fingerprint density at radius 2 is 1.95 bits per heavy atom. The van der Waals surface area contributed by atoms with Crippen molar-refractivity contribution in [2.75, 3.05) is 0 Å². The van der Waals surface area contributed by atoms with E-state index in [1.807, 2.05) is 12.4 Å².